The van der Waals surface area contributed by atoms with Gasteiger partial charge in [0.15, 0.2) is 0 Å². The molecule has 0 radical (unpaired) electrons. The van der Waals surface area contributed by atoms with E-state index in [4.69, 9.17) is 17.3 Å². The molecule has 2 rings (SSSR count). The van der Waals surface area contributed by atoms with Crippen LogP contribution in [0.5, 0.6) is 0 Å². The van der Waals surface area contributed by atoms with Crippen molar-refractivity contribution in [3.05, 3.63) is 35.0 Å². The molecule has 0 aliphatic heterocycles. The molecule has 0 aliphatic rings. The minimum Gasteiger partial charge on any atom is -0.360 e. The number of Topliss-reactive ketones (excluding diaryl/α,β-unsaturated/α-hetero) is 1. The highest BCUT2D eigenvalue weighted by atomic mass is 35.5. The maximum atomic E-state index is 11.1. The van der Waals surface area contributed by atoms with E-state index in [-0.39, 0.29) is 5.78 Å². The number of carbonyl (C=O) groups is 1. The number of benzene rings is 1. The third-order valence-corrected chi connectivity index (χ3v) is 3.03. The molecule has 84 valence electrons. The maximum Gasteiger partial charge on any atom is 0.146 e. The standard InChI is InChI=1S/C12H13ClN2O/c1-7(16)11(14)5-8-6-15-12-9(8)3-2-4-10(12)13/h2-4,6,11,15H,5,14H2,1H3/t11-/m0/s1. The van der Waals surface area contributed by atoms with Gasteiger partial charge >= 0.3 is 0 Å². The smallest absolute Gasteiger partial charge is 0.146 e. The van der Waals surface area contributed by atoms with Gasteiger partial charge in [0.1, 0.15) is 5.78 Å². The van der Waals surface area contributed by atoms with E-state index >= 15 is 0 Å². The number of hydrogen-bond donors (Lipinski definition) is 2. The van der Waals surface area contributed by atoms with Crippen molar-refractivity contribution in [2.45, 2.75) is 19.4 Å². The van der Waals surface area contributed by atoms with Crippen molar-refractivity contribution in [1.29, 1.82) is 0 Å². The molecule has 1 heterocycles. The summed E-state index contributed by atoms with van der Waals surface area (Å²) in [5.74, 6) is -0.00335. The molecule has 4 heteroatoms. The lowest BCUT2D eigenvalue weighted by molar-refractivity contribution is -0.118. The topological polar surface area (TPSA) is 58.9 Å². The second kappa shape index (κ2) is 4.28. The predicted octanol–water partition coefficient (Wildman–Crippen LogP) is 2.28. The summed E-state index contributed by atoms with van der Waals surface area (Å²) in [5.41, 5.74) is 7.67. The van der Waals surface area contributed by atoms with Crippen molar-refractivity contribution in [3.8, 4) is 0 Å². The van der Waals surface area contributed by atoms with E-state index in [0.29, 0.717) is 11.4 Å². The Morgan fingerprint density at radius 2 is 2.31 bits per heavy atom. The number of aromatic nitrogens is 1. The highest BCUT2D eigenvalue weighted by Gasteiger charge is 2.13. The van der Waals surface area contributed by atoms with Crippen LogP contribution in [0.3, 0.4) is 0 Å². The molecule has 0 saturated carbocycles. The van der Waals surface area contributed by atoms with Crippen LogP contribution in [-0.2, 0) is 11.2 Å². The summed E-state index contributed by atoms with van der Waals surface area (Å²) in [6.07, 6.45) is 2.40. The minimum atomic E-state index is -0.446. The van der Waals surface area contributed by atoms with Gasteiger partial charge in [-0.05, 0) is 25.0 Å². The lowest BCUT2D eigenvalue weighted by Gasteiger charge is -2.06. The lowest BCUT2D eigenvalue weighted by atomic mass is 10.0. The van der Waals surface area contributed by atoms with Gasteiger partial charge in [-0.2, -0.15) is 0 Å². The summed E-state index contributed by atoms with van der Waals surface area (Å²) in [6, 6.07) is 5.24. The number of hydrogen-bond acceptors (Lipinski definition) is 2. The van der Waals surface area contributed by atoms with Gasteiger partial charge in [0.2, 0.25) is 0 Å². The molecule has 1 aromatic carbocycles. The normalized spacial score (nSPS) is 12.9. The molecule has 16 heavy (non-hydrogen) atoms. The number of aromatic amines is 1. The van der Waals surface area contributed by atoms with Crippen LogP contribution >= 0.6 is 11.6 Å². The van der Waals surface area contributed by atoms with Crippen LogP contribution in [0.2, 0.25) is 5.02 Å². The van der Waals surface area contributed by atoms with Crippen LogP contribution in [0.25, 0.3) is 10.9 Å². The van der Waals surface area contributed by atoms with Crippen molar-refractivity contribution >= 4 is 28.3 Å². The zero-order chi connectivity index (χ0) is 11.7. The van der Waals surface area contributed by atoms with Crippen molar-refractivity contribution in [1.82, 2.24) is 4.98 Å². The molecule has 0 spiro atoms. The number of fused-ring (bicyclic) bond motifs is 1. The summed E-state index contributed by atoms with van der Waals surface area (Å²) in [4.78, 5) is 14.2. The van der Waals surface area contributed by atoms with E-state index in [1.54, 1.807) is 0 Å². The third-order valence-electron chi connectivity index (χ3n) is 2.71. The largest absolute Gasteiger partial charge is 0.360 e. The Balaban J connectivity index is 2.39. The van der Waals surface area contributed by atoms with E-state index in [1.807, 2.05) is 24.4 Å². The van der Waals surface area contributed by atoms with Gasteiger partial charge < -0.3 is 10.7 Å². The molecule has 2 aromatic rings. The van der Waals surface area contributed by atoms with E-state index in [0.717, 1.165) is 16.5 Å². The first-order valence-corrected chi connectivity index (χ1v) is 5.48. The number of nitrogens with two attached hydrogens (primary N) is 1. The van der Waals surface area contributed by atoms with Crippen LogP contribution in [-0.4, -0.2) is 16.8 Å². The summed E-state index contributed by atoms with van der Waals surface area (Å²) >= 11 is 6.04. The Labute approximate surface area is 98.6 Å². The molecule has 0 aliphatic carbocycles. The van der Waals surface area contributed by atoms with E-state index in [2.05, 4.69) is 4.98 Å². The number of halogens is 1. The highest BCUT2D eigenvalue weighted by Crippen LogP contribution is 2.25. The number of H-pyrrole nitrogens is 1. The Kier molecular flexibility index (Phi) is 2.99. The first-order valence-electron chi connectivity index (χ1n) is 5.10. The van der Waals surface area contributed by atoms with Crippen LogP contribution < -0.4 is 5.73 Å². The molecule has 1 aromatic heterocycles. The molecule has 0 saturated heterocycles. The fraction of sp³-hybridized carbons (Fsp3) is 0.250. The molecule has 0 amide bonds. The predicted molar refractivity (Wildman–Crippen MR) is 65.7 cm³/mol. The Hall–Kier alpha value is -1.32. The molecule has 0 unspecified atom stereocenters. The SMILES string of the molecule is CC(=O)[C@@H](N)Cc1c[nH]c2c(Cl)cccc12. The van der Waals surface area contributed by atoms with Crippen LogP contribution in [0, 0.1) is 0 Å². The highest BCUT2D eigenvalue weighted by molar-refractivity contribution is 6.35. The number of para-hydroxylation sites is 1. The third kappa shape index (κ3) is 1.96. The lowest BCUT2D eigenvalue weighted by Crippen LogP contribution is -2.30. The second-order valence-corrected chi connectivity index (χ2v) is 4.30. The Morgan fingerprint density at radius 3 is 3.00 bits per heavy atom. The summed E-state index contributed by atoms with van der Waals surface area (Å²) in [6.45, 7) is 1.51. The average molecular weight is 237 g/mol. The molecule has 3 N–H and O–H groups in total. The van der Waals surface area contributed by atoms with Crippen molar-refractivity contribution < 1.29 is 4.79 Å². The van der Waals surface area contributed by atoms with E-state index in [1.165, 1.54) is 6.92 Å². The fourth-order valence-corrected chi connectivity index (χ4v) is 1.95. The molecule has 3 nitrogen and oxygen atoms in total. The molecular formula is C12H13ClN2O. The fourth-order valence-electron chi connectivity index (χ4n) is 1.72. The molecule has 0 fully saturated rings. The number of nitrogens with one attached hydrogen (secondary N) is 1. The quantitative estimate of drug-likeness (QED) is 0.859. The van der Waals surface area contributed by atoms with Gasteiger partial charge in [-0.1, -0.05) is 23.7 Å². The first kappa shape index (κ1) is 11.2. The summed E-state index contributed by atoms with van der Waals surface area (Å²) in [5, 5.41) is 1.71. The molecule has 0 bridgehead atoms. The molecular weight excluding hydrogens is 224 g/mol. The van der Waals surface area contributed by atoms with Crippen LogP contribution in [0.1, 0.15) is 12.5 Å². The number of carbonyl (C=O) groups excluding carboxylic acids is 1. The zero-order valence-corrected chi connectivity index (χ0v) is 9.71. The summed E-state index contributed by atoms with van der Waals surface area (Å²) in [7, 11) is 0. The van der Waals surface area contributed by atoms with Crippen LogP contribution in [0.15, 0.2) is 24.4 Å². The van der Waals surface area contributed by atoms with Gasteiger partial charge in [-0.25, -0.2) is 0 Å². The van der Waals surface area contributed by atoms with Gasteiger partial charge in [-0.3, -0.25) is 4.79 Å². The Morgan fingerprint density at radius 1 is 1.56 bits per heavy atom. The van der Waals surface area contributed by atoms with Gasteiger partial charge in [0.05, 0.1) is 16.6 Å². The molecule has 1 atom stereocenters. The van der Waals surface area contributed by atoms with Crippen LogP contribution in [0.4, 0.5) is 0 Å². The Bertz CT molecular complexity index is 533. The summed E-state index contributed by atoms with van der Waals surface area (Å²) < 4.78 is 0. The minimum absolute atomic E-state index is 0.00335. The first-order chi connectivity index (χ1) is 7.59. The average Bonchev–Trinajstić information content (AvgIpc) is 2.63. The van der Waals surface area contributed by atoms with Gasteiger partial charge in [-0.15, -0.1) is 0 Å². The van der Waals surface area contributed by atoms with E-state index in [9.17, 15) is 4.79 Å². The van der Waals surface area contributed by atoms with Crippen molar-refractivity contribution in [2.75, 3.05) is 0 Å². The van der Waals surface area contributed by atoms with E-state index < -0.39 is 6.04 Å². The number of rotatable bonds is 3. The van der Waals surface area contributed by atoms with Gasteiger partial charge in [0, 0.05) is 11.6 Å². The van der Waals surface area contributed by atoms with Crippen molar-refractivity contribution in [3.63, 3.8) is 0 Å². The van der Waals surface area contributed by atoms with Gasteiger partial charge in [0.25, 0.3) is 0 Å². The van der Waals surface area contributed by atoms with Crippen molar-refractivity contribution in [2.24, 2.45) is 5.73 Å². The maximum absolute atomic E-state index is 11.1. The monoisotopic (exact) mass is 236 g/mol. The number of ketones is 1. The zero-order valence-electron chi connectivity index (χ0n) is 8.96. The second-order valence-electron chi connectivity index (χ2n) is 3.90.